The summed E-state index contributed by atoms with van der Waals surface area (Å²) < 4.78 is 12.1. The van der Waals surface area contributed by atoms with Crippen molar-refractivity contribution >= 4 is 28.7 Å². The van der Waals surface area contributed by atoms with E-state index in [2.05, 4.69) is 5.32 Å². The van der Waals surface area contributed by atoms with E-state index in [1.54, 1.807) is 7.11 Å². The molecule has 2 aromatic carbocycles. The van der Waals surface area contributed by atoms with E-state index >= 15 is 0 Å². The van der Waals surface area contributed by atoms with Crippen molar-refractivity contribution in [2.24, 2.45) is 23.6 Å². The average Bonchev–Trinajstić information content (AvgIpc) is 3.59. The number of nitrogens with zero attached hydrogens (tertiary/aromatic N) is 2. The molecule has 10 nitrogen and oxygen atoms in total. The molecular weight excluding hydrogens is 572 g/mol. The van der Waals surface area contributed by atoms with Crippen LogP contribution in [-0.2, 0) is 14.4 Å². The van der Waals surface area contributed by atoms with Crippen molar-refractivity contribution in [2.75, 3.05) is 13.7 Å². The highest BCUT2D eigenvalue weighted by atomic mass is 16.5. The number of methoxy groups -OCH3 is 1. The lowest BCUT2D eigenvalue weighted by atomic mass is 9.93. The van der Waals surface area contributed by atoms with Gasteiger partial charge in [-0.1, -0.05) is 55.3 Å². The standard InChI is InChI=1S/C35H40N4O6/c1-44-24-14-15-26-30(19-24)37-29(22-11-7-6-8-12-22)20-31(26)45-25-17-27-28(18-25)33(41)39(36)16-10-5-3-2-4-9-13-23-21-35(23,34(42)43)38-32(27)40/h6-9,11-15,19-20,23,25,27-28H,2-5,10,16-18,21,36H2,1H3,(H,38,40)(H,42,43)/b13-9+/t23-,25-,27-,28?,35-/m1/s1. The molecule has 0 bridgehead atoms. The van der Waals surface area contributed by atoms with Crippen molar-refractivity contribution < 1.29 is 29.0 Å². The Kier molecular flexibility index (Phi) is 8.76. The summed E-state index contributed by atoms with van der Waals surface area (Å²) in [6.07, 6.45) is 8.81. The van der Waals surface area contributed by atoms with E-state index in [0.717, 1.165) is 43.1 Å². The Hall–Kier alpha value is -4.44. The Bertz CT molecular complexity index is 1610. The Morgan fingerprint density at radius 1 is 1.04 bits per heavy atom. The van der Waals surface area contributed by atoms with Crippen LogP contribution in [-0.4, -0.2) is 58.2 Å². The van der Waals surface area contributed by atoms with Crippen LogP contribution in [0.15, 0.2) is 66.7 Å². The minimum atomic E-state index is -1.36. The molecule has 236 valence electrons. The summed E-state index contributed by atoms with van der Waals surface area (Å²) in [7, 11) is 1.60. The normalized spacial score (nSPS) is 28.1. The van der Waals surface area contributed by atoms with Crippen molar-refractivity contribution in [1.82, 2.24) is 15.3 Å². The van der Waals surface area contributed by atoms with E-state index in [4.69, 9.17) is 20.3 Å². The minimum Gasteiger partial charge on any atom is -0.497 e. The van der Waals surface area contributed by atoms with Crippen LogP contribution in [0.5, 0.6) is 11.5 Å². The van der Waals surface area contributed by atoms with Crippen molar-refractivity contribution in [3.63, 3.8) is 0 Å². The van der Waals surface area contributed by atoms with Crippen molar-refractivity contribution in [3.8, 4) is 22.8 Å². The van der Waals surface area contributed by atoms with Crippen LogP contribution in [0.1, 0.15) is 51.4 Å². The second-order valence-electron chi connectivity index (χ2n) is 12.4. The maximum Gasteiger partial charge on any atom is 0.330 e. The Labute approximate surface area is 262 Å². The van der Waals surface area contributed by atoms with Crippen LogP contribution in [0.3, 0.4) is 0 Å². The van der Waals surface area contributed by atoms with Crippen molar-refractivity contribution in [2.45, 2.75) is 63.0 Å². The number of hydrogen-bond acceptors (Lipinski definition) is 7. The number of pyridine rings is 1. The topological polar surface area (TPSA) is 144 Å². The Morgan fingerprint density at radius 3 is 2.60 bits per heavy atom. The summed E-state index contributed by atoms with van der Waals surface area (Å²) >= 11 is 0. The molecule has 2 heterocycles. The molecule has 1 unspecified atom stereocenters. The first kappa shape index (κ1) is 30.6. The third-order valence-electron chi connectivity index (χ3n) is 9.43. The lowest BCUT2D eigenvalue weighted by Crippen LogP contribution is -2.50. The third-order valence-corrected chi connectivity index (χ3v) is 9.43. The van der Waals surface area contributed by atoms with Gasteiger partial charge in [0.2, 0.25) is 11.8 Å². The lowest BCUT2D eigenvalue weighted by Gasteiger charge is -2.25. The highest BCUT2D eigenvalue weighted by Gasteiger charge is 2.61. The van der Waals surface area contributed by atoms with Gasteiger partial charge in [0.05, 0.1) is 30.2 Å². The molecule has 2 amide bonds. The Morgan fingerprint density at radius 2 is 1.82 bits per heavy atom. The van der Waals surface area contributed by atoms with E-state index in [1.807, 2.05) is 66.7 Å². The number of carbonyl (C=O) groups excluding carboxylic acids is 2. The average molecular weight is 613 g/mol. The number of amides is 2. The van der Waals surface area contributed by atoms with Gasteiger partial charge in [0.1, 0.15) is 23.1 Å². The minimum absolute atomic E-state index is 0.243. The van der Waals surface area contributed by atoms with Gasteiger partial charge in [0.15, 0.2) is 0 Å². The number of allylic oxidation sites excluding steroid dienone is 1. The van der Waals surface area contributed by atoms with Crippen molar-refractivity contribution in [1.29, 1.82) is 0 Å². The zero-order chi connectivity index (χ0) is 31.6. The summed E-state index contributed by atoms with van der Waals surface area (Å²) in [5.41, 5.74) is 0.962. The summed E-state index contributed by atoms with van der Waals surface area (Å²) in [4.78, 5) is 44.7. The quantitative estimate of drug-likeness (QED) is 0.210. The largest absolute Gasteiger partial charge is 0.497 e. The van der Waals surface area contributed by atoms with Crippen LogP contribution < -0.4 is 20.6 Å². The Balaban J connectivity index is 1.31. The number of rotatable bonds is 5. The number of fused-ring (bicyclic) bond motifs is 3. The smallest absolute Gasteiger partial charge is 0.330 e. The molecule has 2 aliphatic carbocycles. The molecule has 1 aromatic heterocycles. The van der Waals surface area contributed by atoms with Crippen LogP contribution in [0.4, 0.5) is 0 Å². The molecule has 10 heteroatoms. The molecule has 45 heavy (non-hydrogen) atoms. The fourth-order valence-corrected chi connectivity index (χ4v) is 6.74. The number of ether oxygens (including phenoxy) is 2. The van der Waals surface area contributed by atoms with E-state index in [1.165, 1.54) is 5.01 Å². The number of nitrogens with one attached hydrogen (secondary N) is 1. The number of hydrogen-bond donors (Lipinski definition) is 3. The summed E-state index contributed by atoms with van der Waals surface area (Å²) in [5, 5.41) is 14.9. The molecule has 4 N–H and O–H groups in total. The van der Waals surface area contributed by atoms with Gasteiger partial charge in [-0.25, -0.2) is 15.6 Å². The predicted octanol–water partition coefficient (Wildman–Crippen LogP) is 4.87. The summed E-state index contributed by atoms with van der Waals surface area (Å²) in [6.45, 7) is 0.392. The van der Waals surface area contributed by atoms with Crippen LogP contribution in [0, 0.1) is 17.8 Å². The maximum absolute atomic E-state index is 13.8. The maximum atomic E-state index is 13.8. The third kappa shape index (κ3) is 6.38. The molecule has 0 spiro atoms. The molecule has 3 aliphatic rings. The number of hydrazine groups is 1. The molecule has 5 atom stereocenters. The van der Waals surface area contributed by atoms with E-state index in [0.29, 0.717) is 35.7 Å². The van der Waals surface area contributed by atoms with Gasteiger partial charge >= 0.3 is 5.97 Å². The summed E-state index contributed by atoms with van der Waals surface area (Å²) in [5.74, 6) is 3.86. The molecule has 1 aliphatic heterocycles. The number of carboxylic acids is 1. The number of aliphatic carboxylic acids is 1. The number of benzene rings is 2. The highest BCUT2D eigenvalue weighted by molar-refractivity contribution is 5.94. The second-order valence-corrected chi connectivity index (χ2v) is 12.4. The number of carboxylic acid groups (broad SMARTS) is 1. The van der Waals surface area contributed by atoms with Crippen LogP contribution in [0.2, 0.25) is 0 Å². The van der Waals surface area contributed by atoms with Gasteiger partial charge < -0.3 is 19.9 Å². The van der Waals surface area contributed by atoms with Gasteiger partial charge in [-0.2, -0.15) is 0 Å². The number of nitrogens with two attached hydrogens (primary N) is 1. The number of carbonyl (C=O) groups is 3. The summed E-state index contributed by atoms with van der Waals surface area (Å²) in [6, 6.07) is 17.2. The zero-order valence-electron chi connectivity index (χ0n) is 25.5. The van der Waals surface area contributed by atoms with Crippen molar-refractivity contribution in [3.05, 3.63) is 66.7 Å². The fraction of sp³-hybridized carbons (Fsp3) is 0.429. The van der Waals surface area contributed by atoms with E-state index in [-0.39, 0.29) is 24.7 Å². The first-order valence-electron chi connectivity index (χ1n) is 15.8. The van der Waals surface area contributed by atoms with Gasteiger partial charge in [0, 0.05) is 35.5 Å². The monoisotopic (exact) mass is 612 g/mol. The number of aromatic nitrogens is 1. The first-order chi connectivity index (χ1) is 21.8. The molecule has 0 radical (unpaired) electrons. The molecule has 2 saturated carbocycles. The van der Waals surface area contributed by atoms with E-state index in [9.17, 15) is 19.5 Å². The molecule has 6 rings (SSSR count). The zero-order valence-corrected chi connectivity index (χ0v) is 25.5. The molecule has 3 aromatic rings. The van der Waals surface area contributed by atoms with Gasteiger partial charge in [0.25, 0.3) is 0 Å². The fourth-order valence-electron chi connectivity index (χ4n) is 6.74. The lowest BCUT2D eigenvalue weighted by molar-refractivity contribution is -0.145. The highest BCUT2D eigenvalue weighted by Crippen LogP contribution is 2.46. The van der Waals surface area contributed by atoms with Gasteiger partial charge in [-0.15, -0.1) is 0 Å². The predicted molar refractivity (Wildman–Crippen MR) is 169 cm³/mol. The van der Waals surface area contributed by atoms with Gasteiger partial charge in [-0.3, -0.25) is 14.6 Å². The van der Waals surface area contributed by atoms with E-state index < -0.39 is 35.4 Å². The molecule has 0 saturated heterocycles. The second kappa shape index (κ2) is 12.9. The SMILES string of the molecule is COc1ccc2c(O[C@H]3CC4C(=O)N(N)CCCCCC/C=C/[C@@H]5C[C@@]5(C(=O)O)NC(=O)[C@@H]4C3)cc(-c3ccccc3)nc2c1. The van der Waals surface area contributed by atoms with Crippen LogP contribution in [0.25, 0.3) is 22.2 Å². The first-order valence-corrected chi connectivity index (χ1v) is 15.8. The molecule has 2 fully saturated rings. The molecular formula is C35H40N4O6. The van der Waals surface area contributed by atoms with Gasteiger partial charge in [-0.05, 0) is 50.7 Å². The van der Waals surface area contributed by atoms with Crippen LogP contribution >= 0.6 is 0 Å².